The van der Waals surface area contributed by atoms with Crippen molar-refractivity contribution in [2.45, 2.75) is 57.4 Å². The van der Waals surface area contributed by atoms with Crippen LogP contribution in [0.4, 0.5) is 11.6 Å². The van der Waals surface area contributed by atoms with Gasteiger partial charge in [0.15, 0.2) is 0 Å². The van der Waals surface area contributed by atoms with Crippen LogP contribution in [0.1, 0.15) is 60.7 Å². The number of anilines is 2. The average Bonchev–Trinajstić information content (AvgIpc) is 3.33. The number of aryl methyl sites for hydroxylation is 3. The number of aromatic nitrogens is 4. The summed E-state index contributed by atoms with van der Waals surface area (Å²) >= 11 is 0. The van der Waals surface area contributed by atoms with Crippen molar-refractivity contribution in [3.63, 3.8) is 0 Å². The molecule has 10 heteroatoms. The molecule has 4 N–H and O–H groups in total. The molecule has 0 fully saturated rings. The van der Waals surface area contributed by atoms with Gasteiger partial charge < -0.3 is 20.8 Å². The van der Waals surface area contributed by atoms with Crippen LogP contribution in [0.15, 0.2) is 42.7 Å². The lowest BCUT2D eigenvalue weighted by Gasteiger charge is -2.17. The van der Waals surface area contributed by atoms with Crippen molar-refractivity contribution in [1.82, 2.24) is 19.7 Å². The van der Waals surface area contributed by atoms with Gasteiger partial charge in [-0.25, -0.2) is 9.97 Å². The molecule has 3 aromatic rings. The number of carboxylic acid groups (broad SMARTS) is 2. The van der Waals surface area contributed by atoms with Crippen LogP contribution in [0.5, 0.6) is 0 Å². The molecule has 0 aliphatic carbocycles. The zero-order valence-corrected chi connectivity index (χ0v) is 20.2. The molecule has 4 rings (SSSR count). The second-order valence-electron chi connectivity index (χ2n) is 8.99. The molecule has 10 nitrogen and oxygen atoms in total. The number of aliphatic carboxylic acids is 2. The zero-order chi connectivity index (χ0) is 25.3. The summed E-state index contributed by atoms with van der Waals surface area (Å²) in [5, 5.41) is 29.5. The molecule has 1 atom stereocenters. The van der Waals surface area contributed by atoms with Crippen LogP contribution in [-0.2, 0) is 28.9 Å². The van der Waals surface area contributed by atoms with Gasteiger partial charge in [-0.05, 0) is 73.9 Å². The van der Waals surface area contributed by atoms with E-state index in [0.29, 0.717) is 18.8 Å². The Hall–Kier alpha value is -3.95. The Morgan fingerprint density at radius 1 is 1.08 bits per heavy atom. The van der Waals surface area contributed by atoms with Gasteiger partial charge in [0.2, 0.25) is 0 Å². The lowest BCUT2D eigenvalue weighted by atomic mass is 10.1. The maximum absolute atomic E-state index is 11.6. The molecule has 4 heterocycles. The van der Waals surface area contributed by atoms with Crippen molar-refractivity contribution in [3.8, 4) is 0 Å². The Kier molecular flexibility index (Phi) is 8.48. The van der Waals surface area contributed by atoms with Crippen LogP contribution in [-0.4, -0.2) is 55.0 Å². The molecule has 190 valence electrons. The maximum atomic E-state index is 11.6. The largest absolute Gasteiger partial charge is 0.481 e. The molecule has 0 bridgehead atoms. The van der Waals surface area contributed by atoms with E-state index in [1.807, 2.05) is 12.3 Å². The first-order valence-electron chi connectivity index (χ1n) is 12.4. The van der Waals surface area contributed by atoms with E-state index in [1.54, 1.807) is 23.0 Å². The Balaban J connectivity index is 1.38. The predicted molar refractivity (Wildman–Crippen MR) is 135 cm³/mol. The highest BCUT2D eigenvalue weighted by Gasteiger charge is 2.20. The minimum Gasteiger partial charge on any atom is -0.481 e. The third-order valence-electron chi connectivity index (χ3n) is 6.21. The molecular formula is C26H32N6O4. The Morgan fingerprint density at radius 2 is 1.94 bits per heavy atom. The fourth-order valence-corrected chi connectivity index (χ4v) is 4.38. The first-order chi connectivity index (χ1) is 17.5. The van der Waals surface area contributed by atoms with Crippen molar-refractivity contribution < 1.29 is 19.8 Å². The number of carbonyl (C=O) groups is 2. The number of fused-ring (bicyclic) bond motifs is 1. The molecule has 3 aromatic heterocycles. The average molecular weight is 493 g/mol. The summed E-state index contributed by atoms with van der Waals surface area (Å²) in [5.74, 6) is -0.178. The van der Waals surface area contributed by atoms with Crippen molar-refractivity contribution in [1.29, 1.82) is 0 Å². The molecule has 0 amide bonds. The maximum Gasteiger partial charge on any atom is 0.305 e. The molecule has 0 aromatic carbocycles. The predicted octanol–water partition coefficient (Wildman–Crippen LogP) is 3.55. The highest BCUT2D eigenvalue weighted by Crippen LogP contribution is 2.24. The minimum atomic E-state index is -0.920. The van der Waals surface area contributed by atoms with Crippen LogP contribution in [0, 0.1) is 0 Å². The van der Waals surface area contributed by atoms with Crippen molar-refractivity contribution in [2.24, 2.45) is 0 Å². The van der Waals surface area contributed by atoms with Gasteiger partial charge in [-0.1, -0.05) is 6.07 Å². The van der Waals surface area contributed by atoms with Crippen LogP contribution in [0.2, 0.25) is 0 Å². The highest BCUT2D eigenvalue weighted by molar-refractivity contribution is 5.68. The van der Waals surface area contributed by atoms with Gasteiger partial charge in [0.25, 0.3) is 0 Å². The number of nitrogens with zero attached hydrogens (tertiary/aromatic N) is 4. The molecular weight excluding hydrogens is 460 g/mol. The number of hydrogen-bond acceptors (Lipinski definition) is 7. The van der Waals surface area contributed by atoms with Gasteiger partial charge >= 0.3 is 11.9 Å². The van der Waals surface area contributed by atoms with E-state index in [9.17, 15) is 14.7 Å². The topological polar surface area (TPSA) is 142 Å². The fraction of sp³-hybridized carbons (Fsp3) is 0.423. The molecule has 0 saturated heterocycles. The smallest absolute Gasteiger partial charge is 0.305 e. The van der Waals surface area contributed by atoms with E-state index < -0.39 is 18.0 Å². The third kappa shape index (κ3) is 7.03. The minimum absolute atomic E-state index is 0.0732. The number of hydrogen-bond donors (Lipinski definition) is 4. The summed E-state index contributed by atoms with van der Waals surface area (Å²) in [6.07, 6.45) is 8.60. The van der Waals surface area contributed by atoms with Gasteiger partial charge in [-0.2, -0.15) is 5.10 Å². The summed E-state index contributed by atoms with van der Waals surface area (Å²) in [7, 11) is 0. The van der Waals surface area contributed by atoms with E-state index in [4.69, 9.17) is 10.1 Å². The standard InChI is InChI=1S/C26H32N6O4/c33-24(34)7-3-12-27-23-16-19(10-14-28-23)22(17-25(35)36)32-15-11-21(31-32)6-1-5-20-9-8-18-4-2-13-29-26(18)30-20/h8-11,14-16,22H,1-7,12-13,17H2,(H,27,28)(H,29,30)(H,33,34)(H,35,36). The molecule has 0 spiro atoms. The molecule has 36 heavy (non-hydrogen) atoms. The summed E-state index contributed by atoms with van der Waals surface area (Å²) in [6, 6.07) is 9.30. The lowest BCUT2D eigenvalue weighted by Crippen LogP contribution is -2.17. The number of nitrogens with one attached hydrogen (secondary N) is 2. The summed E-state index contributed by atoms with van der Waals surface area (Å²) < 4.78 is 1.70. The Labute approximate surface area is 209 Å². The van der Waals surface area contributed by atoms with Gasteiger partial charge in [-0.3, -0.25) is 14.3 Å². The quantitative estimate of drug-likeness (QED) is 0.263. The summed E-state index contributed by atoms with van der Waals surface area (Å²) in [5.41, 5.74) is 4.02. The zero-order valence-electron chi connectivity index (χ0n) is 20.2. The first-order valence-corrected chi connectivity index (χ1v) is 12.4. The monoisotopic (exact) mass is 492 g/mol. The first kappa shape index (κ1) is 25.2. The second-order valence-corrected chi connectivity index (χ2v) is 8.99. The van der Waals surface area contributed by atoms with Crippen molar-refractivity contribution in [2.75, 3.05) is 23.7 Å². The van der Waals surface area contributed by atoms with E-state index >= 15 is 0 Å². The molecule has 1 aliphatic heterocycles. The van der Waals surface area contributed by atoms with Crippen LogP contribution in [0.3, 0.4) is 0 Å². The van der Waals surface area contributed by atoms with Gasteiger partial charge in [-0.15, -0.1) is 0 Å². The van der Waals surface area contributed by atoms with Gasteiger partial charge in [0.1, 0.15) is 11.6 Å². The van der Waals surface area contributed by atoms with Crippen LogP contribution in [0.25, 0.3) is 0 Å². The number of pyridine rings is 2. The molecule has 0 saturated carbocycles. The summed E-state index contributed by atoms with van der Waals surface area (Å²) in [6.45, 7) is 1.44. The molecule has 1 aliphatic rings. The van der Waals surface area contributed by atoms with E-state index in [2.05, 4.69) is 32.8 Å². The fourth-order valence-electron chi connectivity index (χ4n) is 4.38. The van der Waals surface area contributed by atoms with Gasteiger partial charge in [0, 0.05) is 37.6 Å². The van der Waals surface area contributed by atoms with E-state index in [1.165, 1.54) is 5.56 Å². The van der Waals surface area contributed by atoms with Crippen molar-refractivity contribution >= 4 is 23.6 Å². The number of rotatable bonds is 13. The van der Waals surface area contributed by atoms with Gasteiger partial charge in [0.05, 0.1) is 18.2 Å². The molecule has 1 unspecified atom stereocenters. The van der Waals surface area contributed by atoms with Crippen LogP contribution >= 0.6 is 0 Å². The second kappa shape index (κ2) is 12.1. The van der Waals surface area contributed by atoms with E-state index in [0.717, 1.165) is 61.4 Å². The Bertz CT molecular complexity index is 1190. The summed E-state index contributed by atoms with van der Waals surface area (Å²) in [4.78, 5) is 31.3. The normalized spacial score (nSPS) is 13.4. The molecule has 0 radical (unpaired) electrons. The SMILES string of the molecule is O=C(O)CCCNc1cc(C(CC(=O)O)n2ccc(CCCc3ccc4c(n3)NCCC4)n2)ccn1. The number of carboxylic acids is 2. The van der Waals surface area contributed by atoms with Crippen molar-refractivity contribution in [3.05, 3.63) is 65.2 Å². The van der Waals surface area contributed by atoms with E-state index in [-0.39, 0.29) is 12.8 Å². The lowest BCUT2D eigenvalue weighted by molar-refractivity contribution is -0.138. The Morgan fingerprint density at radius 3 is 2.78 bits per heavy atom. The highest BCUT2D eigenvalue weighted by atomic mass is 16.4. The third-order valence-corrected chi connectivity index (χ3v) is 6.21. The van der Waals surface area contributed by atoms with Crippen LogP contribution < -0.4 is 10.6 Å².